The van der Waals surface area contributed by atoms with Crippen molar-refractivity contribution in [2.24, 2.45) is 23.7 Å². The van der Waals surface area contributed by atoms with Crippen molar-refractivity contribution in [3.05, 3.63) is 29.6 Å². The average molecular weight is 356 g/mol. The molecule has 0 aromatic carbocycles. The number of aryl methyl sites for hydroxylation is 1. The lowest BCUT2D eigenvalue weighted by Gasteiger charge is -2.39. The molecule has 2 aliphatic carbocycles. The summed E-state index contributed by atoms with van der Waals surface area (Å²) >= 11 is 0. The van der Waals surface area contributed by atoms with Crippen molar-refractivity contribution in [2.75, 3.05) is 0 Å². The molecule has 1 heterocycles. The minimum absolute atomic E-state index is 0.631. The van der Waals surface area contributed by atoms with Gasteiger partial charge in [0.25, 0.3) is 0 Å². The highest BCUT2D eigenvalue weighted by atomic mass is 14.7. The lowest BCUT2D eigenvalue weighted by Crippen LogP contribution is -2.27. The second-order valence-corrected chi connectivity index (χ2v) is 9.37. The van der Waals surface area contributed by atoms with Crippen LogP contribution in [0.2, 0.25) is 0 Å². The maximum atomic E-state index is 4.81. The van der Waals surface area contributed by atoms with Crippen LogP contribution < -0.4 is 0 Å². The smallest absolute Gasteiger partial charge is 0.0434 e. The lowest BCUT2D eigenvalue weighted by molar-refractivity contribution is 0.136. The van der Waals surface area contributed by atoms with Gasteiger partial charge in [-0.15, -0.1) is 0 Å². The van der Waals surface area contributed by atoms with E-state index >= 15 is 0 Å². The van der Waals surface area contributed by atoms with Crippen LogP contribution in [0.5, 0.6) is 0 Å². The first kappa shape index (κ1) is 19.9. The van der Waals surface area contributed by atoms with E-state index in [1.165, 1.54) is 81.9 Å². The maximum absolute atomic E-state index is 4.81. The second-order valence-electron chi connectivity index (χ2n) is 9.37. The molecule has 0 aliphatic heterocycles. The van der Waals surface area contributed by atoms with Gasteiger partial charge in [-0.1, -0.05) is 58.9 Å². The molecule has 3 rings (SSSR count). The fourth-order valence-electron chi connectivity index (χ4n) is 5.86. The molecule has 1 aromatic rings. The Morgan fingerprint density at radius 1 is 0.885 bits per heavy atom. The molecule has 1 aromatic heterocycles. The number of nitrogens with zero attached hydrogens (tertiary/aromatic N) is 1. The molecular weight excluding hydrogens is 314 g/mol. The van der Waals surface area contributed by atoms with Crippen LogP contribution in [0.4, 0.5) is 0 Å². The first-order chi connectivity index (χ1) is 12.7. The van der Waals surface area contributed by atoms with E-state index in [9.17, 15) is 0 Å². The monoisotopic (exact) mass is 355 g/mol. The molecule has 1 nitrogen and oxygen atoms in total. The molecule has 0 saturated heterocycles. The molecule has 26 heavy (non-hydrogen) atoms. The fraction of sp³-hybridized carbons (Fsp3) is 0.800. The van der Waals surface area contributed by atoms with Crippen molar-refractivity contribution >= 4 is 0 Å². The predicted octanol–water partition coefficient (Wildman–Crippen LogP) is 7.55. The van der Waals surface area contributed by atoms with Gasteiger partial charge in [-0.3, -0.25) is 4.98 Å². The summed E-state index contributed by atoms with van der Waals surface area (Å²) in [5.74, 6) is 4.61. The molecule has 2 saturated carbocycles. The van der Waals surface area contributed by atoms with Gasteiger partial charge < -0.3 is 0 Å². The van der Waals surface area contributed by atoms with E-state index in [1.807, 2.05) is 0 Å². The number of hydrogen-bond acceptors (Lipinski definition) is 1. The number of hydrogen-bond donors (Lipinski definition) is 0. The van der Waals surface area contributed by atoms with E-state index in [-0.39, 0.29) is 0 Å². The minimum Gasteiger partial charge on any atom is -0.261 e. The zero-order valence-electron chi connectivity index (χ0n) is 17.6. The third-order valence-corrected chi connectivity index (χ3v) is 7.63. The van der Waals surface area contributed by atoms with Crippen molar-refractivity contribution in [2.45, 2.75) is 104 Å². The van der Waals surface area contributed by atoms with Gasteiger partial charge in [-0.25, -0.2) is 0 Å². The summed E-state index contributed by atoms with van der Waals surface area (Å²) in [6.07, 6.45) is 19.2. The third-order valence-electron chi connectivity index (χ3n) is 7.63. The highest BCUT2D eigenvalue weighted by Gasteiger charge is 2.32. The van der Waals surface area contributed by atoms with Crippen LogP contribution in [0.3, 0.4) is 0 Å². The van der Waals surface area contributed by atoms with Gasteiger partial charge in [0, 0.05) is 17.8 Å². The molecule has 146 valence electrons. The van der Waals surface area contributed by atoms with E-state index in [4.69, 9.17) is 4.98 Å². The van der Waals surface area contributed by atoms with Crippen LogP contribution in [0.15, 0.2) is 18.3 Å². The van der Waals surface area contributed by atoms with Crippen molar-refractivity contribution in [3.8, 4) is 0 Å². The SMILES string of the molecule is CCCc1ccc(C(C)C2CCC(C3CCC(CCC)CC3)CC2)nc1. The standard InChI is InChI=1S/C25H41N/c1-4-6-20-8-11-23(12-9-20)24-15-13-22(14-16-24)19(3)25-17-10-21(7-5-2)18-26-25/h10,17-20,22-24H,4-9,11-16H2,1-3H3. The Labute approximate surface area is 162 Å². The molecule has 1 heteroatoms. The number of rotatable bonds is 7. The molecule has 2 fully saturated rings. The van der Waals surface area contributed by atoms with Gasteiger partial charge in [0.15, 0.2) is 0 Å². The molecule has 0 bridgehead atoms. The predicted molar refractivity (Wildman–Crippen MR) is 112 cm³/mol. The normalized spacial score (nSPS) is 30.9. The first-order valence-corrected chi connectivity index (χ1v) is 11.7. The first-order valence-electron chi connectivity index (χ1n) is 11.7. The minimum atomic E-state index is 0.631. The Morgan fingerprint density at radius 3 is 2.08 bits per heavy atom. The zero-order valence-corrected chi connectivity index (χ0v) is 17.6. The van der Waals surface area contributed by atoms with E-state index in [0.29, 0.717) is 5.92 Å². The fourth-order valence-corrected chi connectivity index (χ4v) is 5.86. The summed E-state index contributed by atoms with van der Waals surface area (Å²) in [6, 6.07) is 4.61. The molecule has 0 spiro atoms. The summed E-state index contributed by atoms with van der Waals surface area (Å²) < 4.78 is 0. The highest BCUT2D eigenvalue weighted by molar-refractivity contribution is 5.17. The summed E-state index contributed by atoms with van der Waals surface area (Å²) in [4.78, 5) is 4.81. The molecule has 1 unspecified atom stereocenters. The van der Waals surface area contributed by atoms with E-state index in [1.54, 1.807) is 0 Å². The second kappa shape index (κ2) is 9.90. The van der Waals surface area contributed by atoms with Crippen LogP contribution in [-0.4, -0.2) is 4.98 Å². The van der Waals surface area contributed by atoms with Gasteiger partial charge in [-0.2, -0.15) is 0 Å². The Kier molecular flexibility index (Phi) is 7.58. The van der Waals surface area contributed by atoms with Gasteiger partial charge in [0.1, 0.15) is 0 Å². The van der Waals surface area contributed by atoms with Crippen molar-refractivity contribution in [3.63, 3.8) is 0 Å². The average Bonchev–Trinajstić information content (AvgIpc) is 2.69. The van der Waals surface area contributed by atoms with E-state index in [2.05, 4.69) is 39.1 Å². The molecule has 0 radical (unpaired) electrons. The topological polar surface area (TPSA) is 12.9 Å². The number of aromatic nitrogens is 1. The van der Waals surface area contributed by atoms with E-state index < -0.39 is 0 Å². The zero-order chi connectivity index (χ0) is 18.4. The Hall–Kier alpha value is -0.850. The van der Waals surface area contributed by atoms with Crippen LogP contribution in [0.1, 0.15) is 109 Å². The van der Waals surface area contributed by atoms with Gasteiger partial charge in [0.2, 0.25) is 0 Å². The van der Waals surface area contributed by atoms with E-state index in [0.717, 1.165) is 30.1 Å². The Bertz CT molecular complexity index is 503. The maximum Gasteiger partial charge on any atom is 0.0434 e. The summed E-state index contributed by atoms with van der Waals surface area (Å²) in [7, 11) is 0. The highest BCUT2D eigenvalue weighted by Crippen LogP contribution is 2.44. The van der Waals surface area contributed by atoms with Crippen LogP contribution in [-0.2, 0) is 6.42 Å². The van der Waals surface area contributed by atoms with Gasteiger partial charge >= 0.3 is 0 Å². The van der Waals surface area contributed by atoms with Crippen molar-refractivity contribution < 1.29 is 0 Å². The Morgan fingerprint density at radius 2 is 1.54 bits per heavy atom. The molecular formula is C25H41N. The van der Waals surface area contributed by atoms with Gasteiger partial charge in [0.05, 0.1) is 0 Å². The Balaban J connectivity index is 1.46. The molecule has 0 N–H and O–H groups in total. The molecule has 1 atom stereocenters. The molecule has 0 amide bonds. The van der Waals surface area contributed by atoms with Gasteiger partial charge in [-0.05, 0) is 80.2 Å². The third kappa shape index (κ3) is 5.11. The van der Waals surface area contributed by atoms with Crippen molar-refractivity contribution in [1.29, 1.82) is 0 Å². The lowest BCUT2D eigenvalue weighted by atomic mass is 9.67. The summed E-state index contributed by atoms with van der Waals surface area (Å²) in [5, 5.41) is 0. The summed E-state index contributed by atoms with van der Waals surface area (Å²) in [5.41, 5.74) is 2.72. The van der Waals surface area contributed by atoms with Crippen LogP contribution in [0, 0.1) is 23.7 Å². The van der Waals surface area contributed by atoms with Crippen LogP contribution in [0.25, 0.3) is 0 Å². The molecule has 2 aliphatic rings. The number of pyridine rings is 1. The summed E-state index contributed by atoms with van der Waals surface area (Å²) in [6.45, 7) is 7.01. The largest absolute Gasteiger partial charge is 0.261 e. The van der Waals surface area contributed by atoms with Crippen molar-refractivity contribution in [1.82, 2.24) is 4.98 Å². The quantitative estimate of drug-likeness (QED) is 0.492. The van der Waals surface area contributed by atoms with Crippen LogP contribution >= 0.6 is 0 Å².